The Morgan fingerprint density at radius 2 is 1.62 bits per heavy atom. The van der Waals surface area contributed by atoms with E-state index in [0.717, 1.165) is 12.8 Å². The van der Waals surface area contributed by atoms with E-state index < -0.39 is 16.6 Å². The second-order valence-corrected chi connectivity index (χ2v) is 15.0. The van der Waals surface area contributed by atoms with Crippen molar-refractivity contribution in [3.8, 4) is 0 Å². The fourth-order valence-corrected chi connectivity index (χ4v) is 10.8. The van der Waals surface area contributed by atoms with Crippen LogP contribution < -0.4 is 24.8 Å². The molecule has 0 spiro atoms. The average molecular weight is 438 g/mol. The molecule has 6 heteroatoms. The second kappa shape index (κ2) is 9.20. The molecule has 2 rings (SSSR count). The first-order valence-corrected chi connectivity index (χ1v) is 13.0. The van der Waals surface area contributed by atoms with Crippen molar-refractivity contribution in [2.75, 3.05) is 0 Å². The maximum absolute atomic E-state index is 6.50. The van der Waals surface area contributed by atoms with Gasteiger partial charge in [-0.3, -0.25) is 0 Å². The molecule has 0 aromatic heterocycles. The molecule has 21 heavy (non-hydrogen) atoms. The van der Waals surface area contributed by atoms with Crippen LogP contribution in [0.2, 0.25) is 32.7 Å². The van der Waals surface area contributed by atoms with Gasteiger partial charge in [0, 0.05) is 0 Å². The Kier molecular flexibility index (Phi) is 10.5. The summed E-state index contributed by atoms with van der Waals surface area (Å²) in [6, 6.07) is 0. The third-order valence-corrected chi connectivity index (χ3v) is 9.42. The summed E-state index contributed by atoms with van der Waals surface area (Å²) in [5.41, 5.74) is 2.76. The van der Waals surface area contributed by atoms with Crippen LogP contribution in [0, 0.1) is 6.08 Å². The van der Waals surface area contributed by atoms with Crippen molar-refractivity contribution in [3.05, 3.63) is 46.7 Å². The summed E-state index contributed by atoms with van der Waals surface area (Å²) in [4.78, 5) is 0. The molecule has 115 valence electrons. The van der Waals surface area contributed by atoms with E-state index in [9.17, 15) is 0 Å². The summed E-state index contributed by atoms with van der Waals surface area (Å²) < 4.78 is 6.50. The Labute approximate surface area is 163 Å². The van der Waals surface area contributed by atoms with Gasteiger partial charge in [-0.1, -0.05) is 30.2 Å². The van der Waals surface area contributed by atoms with Crippen LogP contribution in [0.1, 0.15) is 12.8 Å². The molecule has 0 bridgehead atoms. The Bertz CT molecular complexity index is 475. The Morgan fingerprint density at radius 3 is 2.10 bits per heavy atom. The van der Waals surface area contributed by atoms with Gasteiger partial charge in [0.25, 0.3) is 0 Å². The molecule has 0 saturated heterocycles. The summed E-state index contributed by atoms with van der Waals surface area (Å²) in [6.07, 6.45) is 14.4. The van der Waals surface area contributed by atoms with Crippen LogP contribution in [-0.4, -0.2) is 16.6 Å². The van der Waals surface area contributed by atoms with Crippen molar-refractivity contribution in [1.82, 2.24) is 0 Å². The zero-order valence-corrected chi connectivity index (χ0v) is 19.4. The Balaban J connectivity index is 0. The average Bonchev–Trinajstić information content (AvgIpc) is 2.85. The molecule has 0 heterocycles. The SMILES string of the molecule is C[Si](C)(C)O[Si](C)(C)C1=C(C2=[C-]CC=C2)CC=C1.[Cl-].[Cl-].[Zr+3]. The van der Waals surface area contributed by atoms with Gasteiger partial charge in [-0.05, 0) is 32.7 Å². The van der Waals surface area contributed by atoms with Gasteiger partial charge in [0.1, 0.15) is 0 Å². The van der Waals surface area contributed by atoms with Crippen molar-refractivity contribution < 1.29 is 55.1 Å². The quantitative estimate of drug-likeness (QED) is 0.386. The van der Waals surface area contributed by atoms with Gasteiger partial charge in [0.05, 0.1) is 0 Å². The first-order valence-electron chi connectivity index (χ1n) is 6.68. The van der Waals surface area contributed by atoms with Crippen molar-refractivity contribution in [2.45, 2.75) is 45.6 Å². The number of rotatable bonds is 4. The molecule has 1 radical (unpaired) electrons. The van der Waals surface area contributed by atoms with E-state index >= 15 is 0 Å². The fourth-order valence-electron chi connectivity index (χ4n) is 2.76. The summed E-state index contributed by atoms with van der Waals surface area (Å²) in [5.74, 6) is 0. The smallest absolute Gasteiger partial charge is 1.00 e. The van der Waals surface area contributed by atoms with E-state index in [1.807, 2.05) is 0 Å². The minimum absolute atomic E-state index is 0. The van der Waals surface area contributed by atoms with Crippen molar-refractivity contribution in [2.24, 2.45) is 0 Å². The van der Waals surface area contributed by atoms with Gasteiger partial charge in [0.15, 0.2) is 16.6 Å². The number of hydrogen-bond donors (Lipinski definition) is 0. The largest absolute Gasteiger partial charge is 3.00 e. The van der Waals surface area contributed by atoms with Crippen LogP contribution in [0.25, 0.3) is 0 Å². The first kappa shape index (κ1) is 24.1. The predicted molar refractivity (Wildman–Crippen MR) is 83.2 cm³/mol. The summed E-state index contributed by atoms with van der Waals surface area (Å²) >= 11 is 0. The maximum atomic E-state index is 6.50. The van der Waals surface area contributed by atoms with Crippen LogP contribution >= 0.6 is 0 Å². The predicted octanol–water partition coefficient (Wildman–Crippen LogP) is -1.47. The van der Waals surface area contributed by atoms with E-state index in [0.29, 0.717) is 0 Å². The monoisotopic (exact) mass is 435 g/mol. The van der Waals surface area contributed by atoms with Gasteiger partial charge < -0.3 is 28.9 Å². The fraction of sp³-hybridized carbons (Fsp3) is 0.467. The maximum Gasteiger partial charge on any atom is 3.00 e. The zero-order chi connectivity index (χ0) is 13.4. The zero-order valence-electron chi connectivity index (χ0n) is 13.4. The van der Waals surface area contributed by atoms with E-state index in [-0.39, 0.29) is 51.0 Å². The van der Waals surface area contributed by atoms with E-state index in [2.05, 4.69) is 63.1 Å². The van der Waals surface area contributed by atoms with Gasteiger partial charge in [-0.2, -0.15) is 17.7 Å². The number of halogens is 2. The molecule has 2 aliphatic rings. The van der Waals surface area contributed by atoms with Crippen LogP contribution in [0.5, 0.6) is 0 Å². The molecular formula is C15H23Cl2OSi2Zr. The molecule has 0 aromatic carbocycles. The van der Waals surface area contributed by atoms with Crippen LogP contribution in [0.4, 0.5) is 0 Å². The number of allylic oxidation sites excluding steroid dienone is 8. The summed E-state index contributed by atoms with van der Waals surface area (Å²) in [5, 5.41) is 1.47. The topological polar surface area (TPSA) is 9.23 Å². The number of hydrogen-bond acceptors (Lipinski definition) is 1. The standard InChI is InChI=1S/C15H23OSi2.2ClH.Zr/c1-17(2,3)16-18(4,5)15-12-8-11-14(15)13-9-6-7-10-13;;;/h6,8-9,12H,7,11H2,1-5H3;2*1H;/q-1;;;+3/p-2. The molecule has 0 aromatic rings. The third-order valence-electron chi connectivity index (χ3n) is 3.16. The molecule has 0 atom stereocenters. The van der Waals surface area contributed by atoms with Gasteiger partial charge in [-0.15, -0.1) is 11.6 Å². The van der Waals surface area contributed by atoms with Crippen LogP contribution in [0.15, 0.2) is 40.6 Å². The normalized spacial score (nSPS) is 17.1. The molecule has 0 saturated carbocycles. The Morgan fingerprint density at radius 1 is 1.00 bits per heavy atom. The van der Waals surface area contributed by atoms with Crippen molar-refractivity contribution >= 4 is 16.6 Å². The van der Waals surface area contributed by atoms with E-state index in [1.165, 1.54) is 16.3 Å². The van der Waals surface area contributed by atoms with Crippen molar-refractivity contribution in [3.63, 3.8) is 0 Å². The van der Waals surface area contributed by atoms with Gasteiger partial charge in [0.2, 0.25) is 0 Å². The molecule has 2 aliphatic carbocycles. The minimum Gasteiger partial charge on any atom is -1.00 e. The minimum atomic E-state index is -1.78. The van der Waals surface area contributed by atoms with Gasteiger partial charge >= 0.3 is 26.2 Å². The van der Waals surface area contributed by atoms with Gasteiger partial charge in [-0.25, -0.2) is 0 Å². The molecule has 1 nitrogen and oxygen atoms in total. The molecule has 0 amide bonds. The summed E-state index contributed by atoms with van der Waals surface area (Å²) in [6.45, 7) is 11.5. The second-order valence-electron chi connectivity index (χ2n) is 6.42. The van der Waals surface area contributed by atoms with Crippen LogP contribution in [0.3, 0.4) is 0 Å². The molecule has 0 aliphatic heterocycles. The molecule has 0 unspecified atom stereocenters. The van der Waals surface area contributed by atoms with E-state index in [1.54, 1.807) is 0 Å². The first-order chi connectivity index (χ1) is 8.30. The third kappa shape index (κ3) is 6.45. The molecular weight excluding hydrogens is 414 g/mol. The molecule has 0 fully saturated rings. The van der Waals surface area contributed by atoms with Crippen molar-refractivity contribution in [1.29, 1.82) is 0 Å². The molecule has 0 N–H and O–H groups in total. The Hall–Kier alpha value is 0.817. The van der Waals surface area contributed by atoms with Crippen LogP contribution in [-0.2, 0) is 30.3 Å². The summed E-state index contributed by atoms with van der Waals surface area (Å²) in [7, 11) is -3.26. The van der Waals surface area contributed by atoms with E-state index in [4.69, 9.17) is 4.12 Å².